The van der Waals surface area contributed by atoms with Gasteiger partial charge in [-0.05, 0) is 51.0 Å². The molecule has 21 heavy (non-hydrogen) atoms. The molecule has 1 fully saturated rings. The Morgan fingerprint density at radius 1 is 1.24 bits per heavy atom. The molecule has 1 aliphatic carbocycles. The van der Waals surface area contributed by atoms with Crippen LogP contribution in [0, 0.1) is 5.41 Å². The molecule has 0 saturated carbocycles. The molecule has 1 saturated heterocycles. The maximum Gasteiger partial charge on any atom is 0.309 e. The highest BCUT2D eigenvalue weighted by molar-refractivity contribution is 7.10. The van der Waals surface area contributed by atoms with Gasteiger partial charge >= 0.3 is 5.97 Å². The van der Waals surface area contributed by atoms with E-state index in [0.29, 0.717) is 25.9 Å². The van der Waals surface area contributed by atoms with Gasteiger partial charge in [-0.2, -0.15) is 0 Å². The van der Waals surface area contributed by atoms with Crippen LogP contribution in [0.25, 0.3) is 0 Å². The summed E-state index contributed by atoms with van der Waals surface area (Å²) in [6, 6.07) is 0. The van der Waals surface area contributed by atoms with Gasteiger partial charge in [0.05, 0.1) is 11.0 Å². The van der Waals surface area contributed by atoms with Crippen molar-refractivity contribution in [2.24, 2.45) is 5.41 Å². The Morgan fingerprint density at radius 2 is 1.90 bits per heavy atom. The van der Waals surface area contributed by atoms with E-state index < -0.39 is 11.4 Å². The highest BCUT2D eigenvalue weighted by atomic mass is 32.1. The molecule has 0 unspecified atom stereocenters. The molecule has 3 rings (SSSR count). The Balaban J connectivity index is 1.73. The van der Waals surface area contributed by atoms with Gasteiger partial charge in [0.25, 0.3) is 5.91 Å². The zero-order valence-corrected chi connectivity index (χ0v) is 13.2. The Labute approximate surface area is 128 Å². The lowest BCUT2D eigenvalue weighted by molar-refractivity contribution is -0.150. The highest BCUT2D eigenvalue weighted by Gasteiger charge is 2.38. The van der Waals surface area contributed by atoms with Crippen molar-refractivity contribution in [3.63, 3.8) is 0 Å². The van der Waals surface area contributed by atoms with Crippen LogP contribution >= 0.6 is 11.3 Å². The Bertz CT molecular complexity index is 570. The van der Waals surface area contributed by atoms with Crippen LogP contribution in [0.15, 0.2) is 5.38 Å². The second-order valence-corrected chi connectivity index (χ2v) is 7.38. The first-order chi connectivity index (χ1) is 10.0. The lowest BCUT2D eigenvalue weighted by atomic mass is 9.80. The summed E-state index contributed by atoms with van der Waals surface area (Å²) in [6.07, 6.45) is 5.59. The third kappa shape index (κ3) is 2.59. The summed E-state index contributed by atoms with van der Waals surface area (Å²) in [6.45, 7) is 2.88. The number of thiophene rings is 1. The van der Waals surface area contributed by atoms with Gasteiger partial charge in [-0.3, -0.25) is 9.59 Å². The average molecular weight is 307 g/mol. The topological polar surface area (TPSA) is 57.6 Å². The normalized spacial score (nSPS) is 20.9. The van der Waals surface area contributed by atoms with E-state index in [4.69, 9.17) is 0 Å². The standard InChI is InChI=1S/C16H21NO3S/c1-16(15(19)20)6-8-17(9-7-16)14(18)12-10-21-13-5-3-2-4-11(12)13/h10H,2-9H2,1H3,(H,19,20). The molecule has 4 nitrogen and oxygen atoms in total. The van der Waals surface area contributed by atoms with Gasteiger partial charge in [-0.25, -0.2) is 0 Å². The van der Waals surface area contributed by atoms with E-state index in [2.05, 4.69) is 0 Å². The number of amides is 1. The molecule has 2 heterocycles. The van der Waals surface area contributed by atoms with Crippen molar-refractivity contribution < 1.29 is 14.7 Å². The van der Waals surface area contributed by atoms with Gasteiger partial charge in [-0.15, -0.1) is 11.3 Å². The molecule has 0 bridgehead atoms. The zero-order valence-electron chi connectivity index (χ0n) is 12.4. The van der Waals surface area contributed by atoms with E-state index in [9.17, 15) is 14.7 Å². The molecule has 1 N–H and O–H groups in total. The predicted octanol–water partition coefficient (Wildman–Crippen LogP) is 2.95. The number of likely N-dealkylation sites (tertiary alicyclic amines) is 1. The summed E-state index contributed by atoms with van der Waals surface area (Å²) in [7, 11) is 0. The molecule has 0 spiro atoms. The van der Waals surface area contributed by atoms with Gasteiger partial charge in [0, 0.05) is 23.3 Å². The molecule has 1 aliphatic heterocycles. The lowest BCUT2D eigenvalue weighted by Gasteiger charge is -2.36. The lowest BCUT2D eigenvalue weighted by Crippen LogP contribution is -2.45. The molecule has 5 heteroatoms. The third-order valence-corrected chi connectivity index (χ3v) is 6.05. The predicted molar refractivity (Wildman–Crippen MR) is 81.8 cm³/mol. The second-order valence-electron chi connectivity index (χ2n) is 6.42. The second kappa shape index (κ2) is 5.44. The fourth-order valence-corrected chi connectivity index (χ4v) is 4.38. The highest BCUT2D eigenvalue weighted by Crippen LogP contribution is 2.34. The van der Waals surface area contributed by atoms with Crippen LogP contribution in [-0.4, -0.2) is 35.0 Å². The van der Waals surface area contributed by atoms with Gasteiger partial charge in [0.15, 0.2) is 0 Å². The molecule has 0 radical (unpaired) electrons. The molecule has 1 amide bonds. The number of carboxylic acid groups (broad SMARTS) is 1. The van der Waals surface area contributed by atoms with Crippen molar-refractivity contribution in [3.8, 4) is 0 Å². The first kappa shape index (κ1) is 14.6. The smallest absolute Gasteiger partial charge is 0.309 e. The summed E-state index contributed by atoms with van der Waals surface area (Å²) in [5, 5.41) is 11.3. The number of carbonyl (C=O) groups is 2. The van der Waals surface area contributed by atoms with Gasteiger partial charge in [-0.1, -0.05) is 0 Å². The number of fused-ring (bicyclic) bond motifs is 1. The van der Waals surface area contributed by atoms with Crippen molar-refractivity contribution in [1.29, 1.82) is 0 Å². The number of aliphatic carboxylic acids is 1. The number of hydrogen-bond acceptors (Lipinski definition) is 3. The molecule has 1 aromatic rings. The Morgan fingerprint density at radius 3 is 2.57 bits per heavy atom. The van der Waals surface area contributed by atoms with E-state index in [-0.39, 0.29) is 5.91 Å². The van der Waals surface area contributed by atoms with Crippen LogP contribution in [0.5, 0.6) is 0 Å². The number of carboxylic acids is 1. The summed E-state index contributed by atoms with van der Waals surface area (Å²) >= 11 is 1.71. The quantitative estimate of drug-likeness (QED) is 0.914. The monoisotopic (exact) mass is 307 g/mol. The number of aryl methyl sites for hydroxylation is 1. The number of hydrogen-bond donors (Lipinski definition) is 1. The zero-order chi connectivity index (χ0) is 15.0. The van der Waals surface area contributed by atoms with Crippen LogP contribution < -0.4 is 0 Å². The fraction of sp³-hybridized carbons (Fsp3) is 0.625. The first-order valence-corrected chi connectivity index (χ1v) is 8.51. The molecular formula is C16H21NO3S. The minimum atomic E-state index is -0.748. The maximum absolute atomic E-state index is 12.7. The van der Waals surface area contributed by atoms with Crippen molar-refractivity contribution in [3.05, 3.63) is 21.4 Å². The summed E-state index contributed by atoms with van der Waals surface area (Å²) in [4.78, 5) is 27.2. The fourth-order valence-electron chi connectivity index (χ4n) is 3.26. The average Bonchev–Trinajstić information content (AvgIpc) is 2.91. The number of carbonyl (C=O) groups excluding carboxylic acids is 1. The number of rotatable bonds is 2. The van der Waals surface area contributed by atoms with Gasteiger partial charge in [0.1, 0.15) is 0 Å². The van der Waals surface area contributed by atoms with E-state index in [1.54, 1.807) is 18.3 Å². The minimum Gasteiger partial charge on any atom is -0.481 e. The molecule has 2 aliphatic rings. The molecule has 0 aromatic carbocycles. The van der Waals surface area contributed by atoms with Crippen molar-refractivity contribution >= 4 is 23.2 Å². The van der Waals surface area contributed by atoms with Gasteiger partial charge < -0.3 is 10.0 Å². The number of nitrogens with zero attached hydrogens (tertiary/aromatic N) is 1. The summed E-state index contributed by atoms with van der Waals surface area (Å²) < 4.78 is 0. The third-order valence-electron chi connectivity index (χ3n) is 4.96. The molecular weight excluding hydrogens is 286 g/mol. The Kier molecular flexibility index (Phi) is 3.78. The van der Waals surface area contributed by atoms with E-state index in [1.165, 1.54) is 23.3 Å². The maximum atomic E-state index is 12.7. The minimum absolute atomic E-state index is 0.0989. The SMILES string of the molecule is CC1(C(=O)O)CCN(C(=O)c2csc3c2CCCC3)CC1. The van der Waals surface area contributed by atoms with Crippen LogP contribution in [-0.2, 0) is 17.6 Å². The van der Waals surface area contributed by atoms with Crippen LogP contribution in [0.1, 0.15) is 53.4 Å². The Hall–Kier alpha value is -1.36. The van der Waals surface area contributed by atoms with E-state index in [0.717, 1.165) is 18.4 Å². The molecule has 1 aromatic heterocycles. The number of piperidine rings is 1. The van der Waals surface area contributed by atoms with Crippen LogP contribution in [0.4, 0.5) is 0 Å². The molecule has 0 atom stereocenters. The van der Waals surface area contributed by atoms with Crippen molar-refractivity contribution in [2.75, 3.05) is 13.1 Å². The first-order valence-electron chi connectivity index (χ1n) is 7.63. The van der Waals surface area contributed by atoms with Crippen molar-refractivity contribution in [2.45, 2.75) is 45.4 Å². The van der Waals surface area contributed by atoms with E-state index >= 15 is 0 Å². The molecule has 114 valence electrons. The van der Waals surface area contributed by atoms with Gasteiger partial charge in [0.2, 0.25) is 0 Å². The van der Waals surface area contributed by atoms with Crippen molar-refractivity contribution in [1.82, 2.24) is 4.90 Å². The summed E-state index contributed by atoms with van der Waals surface area (Å²) in [5.74, 6) is -0.649. The van der Waals surface area contributed by atoms with E-state index in [1.807, 2.05) is 10.3 Å². The van der Waals surface area contributed by atoms with Crippen LogP contribution in [0.2, 0.25) is 0 Å². The largest absolute Gasteiger partial charge is 0.481 e. The summed E-state index contributed by atoms with van der Waals surface area (Å²) in [5.41, 5.74) is 1.45. The van der Waals surface area contributed by atoms with Crippen LogP contribution in [0.3, 0.4) is 0 Å².